The number of nitrogens with zero attached hydrogens (tertiary/aromatic N) is 5. The fourth-order valence-electron chi connectivity index (χ4n) is 3.36. The zero-order chi connectivity index (χ0) is 22.2. The van der Waals surface area contributed by atoms with Gasteiger partial charge in [0, 0.05) is 33.2 Å². The van der Waals surface area contributed by atoms with E-state index in [1.165, 1.54) is 23.7 Å². The maximum Gasteiger partial charge on any atom is 0.410 e. The van der Waals surface area contributed by atoms with E-state index in [9.17, 15) is 24.8 Å². The molecule has 0 aromatic carbocycles. The molecule has 3 heterocycles. The lowest BCUT2D eigenvalue weighted by atomic mass is 10.1. The molecule has 0 bridgehead atoms. The lowest BCUT2D eigenvalue weighted by Gasteiger charge is -2.37. The van der Waals surface area contributed by atoms with Crippen LogP contribution < -0.4 is 10.5 Å². The number of carboxylic acid groups (broad SMARTS) is 1. The van der Waals surface area contributed by atoms with Gasteiger partial charge in [-0.05, 0) is 32.9 Å². The van der Waals surface area contributed by atoms with Crippen LogP contribution >= 0.6 is 0 Å². The molecular formula is C20H23N5O5. The van der Waals surface area contributed by atoms with Gasteiger partial charge in [-0.3, -0.25) is 4.79 Å². The summed E-state index contributed by atoms with van der Waals surface area (Å²) in [6, 6.07) is 4.77. The summed E-state index contributed by atoms with van der Waals surface area (Å²) in [4.78, 5) is 44.0. The second kappa shape index (κ2) is 7.67. The molecule has 2 aromatic heterocycles. The molecule has 0 saturated carbocycles. The smallest absolute Gasteiger partial charge is 0.410 e. The van der Waals surface area contributed by atoms with Gasteiger partial charge >= 0.3 is 12.1 Å². The summed E-state index contributed by atoms with van der Waals surface area (Å²) in [7, 11) is 1.51. The maximum absolute atomic E-state index is 12.7. The lowest BCUT2D eigenvalue weighted by Crippen LogP contribution is -2.50. The number of aromatic nitrogens is 2. The summed E-state index contributed by atoms with van der Waals surface area (Å²) >= 11 is 0. The zero-order valence-electron chi connectivity index (χ0n) is 17.3. The van der Waals surface area contributed by atoms with E-state index in [0.29, 0.717) is 37.4 Å². The number of aryl methyl sites for hydroxylation is 1. The number of fused-ring (bicyclic) bond motifs is 1. The molecule has 10 nitrogen and oxygen atoms in total. The van der Waals surface area contributed by atoms with E-state index in [1.807, 2.05) is 6.07 Å². The fraction of sp³-hybridized carbons (Fsp3) is 0.450. The first-order valence-electron chi connectivity index (χ1n) is 9.43. The molecule has 1 aliphatic heterocycles. The third kappa shape index (κ3) is 3.91. The standard InChI is InChI=1S/C20H23N5O5/c1-20(2,3)30-19(29)25-9-7-24(8-10-25)16-12(11-21)17(26)23(4)14-6-5-13(18(27)28)22-15(14)16/h5-6H,7-10H2,1-4H3,(H,27,28). The van der Waals surface area contributed by atoms with Crippen molar-refractivity contribution in [3.63, 3.8) is 0 Å². The molecule has 158 valence electrons. The van der Waals surface area contributed by atoms with E-state index in [2.05, 4.69) is 4.98 Å². The monoisotopic (exact) mass is 413 g/mol. The van der Waals surface area contributed by atoms with Crippen molar-refractivity contribution >= 4 is 28.8 Å². The quantitative estimate of drug-likeness (QED) is 0.785. The molecule has 10 heteroatoms. The Kier molecular flexibility index (Phi) is 5.39. The largest absolute Gasteiger partial charge is 0.477 e. The topological polar surface area (TPSA) is 129 Å². The van der Waals surface area contributed by atoms with Crippen LogP contribution in [0, 0.1) is 11.3 Å². The first-order valence-corrected chi connectivity index (χ1v) is 9.43. The molecule has 0 spiro atoms. The maximum atomic E-state index is 12.7. The number of aromatic carboxylic acids is 1. The molecule has 1 aliphatic rings. The average Bonchev–Trinajstić information content (AvgIpc) is 2.68. The molecule has 1 amide bonds. The van der Waals surface area contributed by atoms with Crippen LogP contribution in [0.15, 0.2) is 16.9 Å². The summed E-state index contributed by atoms with van der Waals surface area (Å²) in [5.74, 6) is -1.20. The van der Waals surface area contributed by atoms with Gasteiger partial charge in [-0.2, -0.15) is 5.26 Å². The molecule has 1 saturated heterocycles. The van der Waals surface area contributed by atoms with Crippen LogP contribution in [0.5, 0.6) is 0 Å². The molecule has 1 N–H and O–H groups in total. The number of carbonyl (C=O) groups is 2. The van der Waals surface area contributed by atoms with Gasteiger partial charge in [0.1, 0.15) is 28.4 Å². The van der Waals surface area contributed by atoms with Gasteiger partial charge in [-0.1, -0.05) is 0 Å². The Labute approximate surface area is 172 Å². The first-order chi connectivity index (χ1) is 14.0. The number of hydrogen-bond donors (Lipinski definition) is 1. The molecule has 1 fully saturated rings. The summed E-state index contributed by atoms with van der Waals surface area (Å²) in [6.07, 6.45) is -0.428. The van der Waals surface area contributed by atoms with Crippen LogP contribution in [0.25, 0.3) is 11.0 Å². The van der Waals surface area contributed by atoms with Crippen molar-refractivity contribution in [2.75, 3.05) is 31.1 Å². The van der Waals surface area contributed by atoms with Crippen molar-refractivity contribution in [1.29, 1.82) is 5.26 Å². The average molecular weight is 413 g/mol. The summed E-state index contributed by atoms with van der Waals surface area (Å²) in [6.45, 7) is 6.71. The third-order valence-corrected chi connectivity index (χ3v) is 4.79. The van der Waals surface area contributed by atoms with E-state index >= 15 is 0 Å². The Balaban J connectivity index is 2.02. The zero-order valence-corrected chi connectivity index (χ0v) is 17.3. The Morgan fingerprint density at radius 3 is 2.37 bits per heavy atom. The Morgan fingerprint density at radius 2 is 1.83 bits per heavy atom. The van der Waals surface area contributed by atoms with Crippen LogP contribution in [0.2, 0.25) is 0 Å². The van der Waals surface area contributed by atoms with Crippen LogP contribution in [0.4, 0.5) is 10.5 Å². The van der Waals surface area contributed by atoms with Gasteiger partial charge in [0.05, 0.1) is 11.2 Å². The van der Waals surface area contributed by atoms with Crippen LogP contribution in [-0.4, -0.2) is 63.4 Å². The van der Waals surface area contributed by atoms with Gasteiger partial charge in [0.2, 0.25) is 0 Å². The second-order valence-corrected chi connectivity index (χ2v) is 8.02. The Morgan fingerprint density at radius 1 is 1.20 bits per heavy atom. The lowest BCUT2D eigenvalue weighted by molar-refractivity contribution is 0.0240. The number of anilines is 1. The predicted octanol–water partition coefficient (Wildman–Crippen LogP) is 1.56. The van der Waals surface area contributed by atoms with Gasteiger partial charge in [0.15, 0.2) is 0 Å². The van der Waals surface area contributed by atoms with Gasteiger partial charge in [-0.25, -0.2) is 14.6 Å². The normalized spacial score (nSPS) is 14.5. The van der Waals surface area contributed by atoms with E-state index in [4.69, 9.17) is 4.74 Å². The van der Waals surface area contributed by atoms with E-state index in [0.717, 1.165) is 0 Å². The minimum atomic E-state index is -1.20. The van der Waals surface area contributed by atoms with Gasteiger partial charge in [0.25, 0.3) is 5.56 Å². The molecule has 0 atom stereocenters. The SMILES string of the molecule is Cn1c(=O)c(C#N)c(N2CCN(C(=O)OC(C)(C)C)CC2)c2nc(C(=O)O)ccc21. The number of carbonyl (C=O) groups excluding carboxylic acids is 1. The Bertz CT molecular complexity index is 1120. The third-order valence-electron chi connectivity index (χ3n) is 4.79. The number of ether oxygens (including phenoxy) is 1. The van der Waals surface area contributed by atoms with E-state index < -0.39 is 23.2 Å². The molecule has 2 aromatic rings. The number of rotatable bonds is 2. The highest BCUT2D eigenvalue weighted by Crippen LogP contribution is 2.28. The van der Waals surface area contributed by atoms with Crippen molar-refractivity contribution in [3.05, 3.63) is 33.7 Å². The highest BCUT2D eigenvalue weighted by Gasteiger charge is 2.29. The number of amides is 1. The summed E-state index contributed by atoms with van der Waals surface area (Å²) in [5.41, 5.74) is -0.402. The van der Waals surface area contributed by atoms with E-state index in [1.54, 1.807) is 30.6 Å². The number of pyridine rings is 2. The number of carboxylic acids is 1. The molecular weight excluding hydrogens is 390 g/mol. The number of hydrogen-bond acceptors (Lipinski definition) is 7. The van der Waals surface area contributed by atoms with Gasteiger partial charge < -0.3 is 24.2 Å². The predicted molar refractivity (Wildman–Crippen MR) is 109 cm³/mol. The molecule has 3 rings (SSSR count). The number of nitriles is 1. The van der Waals surface area contributed by atoms with Crippen molar-refractivity contribution < 1.29 is 19.4 Å². The van der Waals surface area contributed by atoms with Gasteiger partial charge in [-0.15, -0.1) is 0 Å². The minimum Gasteiger partial charge on any atom is -0.477 e. The second-order valence-electron chi connectivity index (χ2n) is 8.02. The molecule has 30 heavy (non-hydrogen) atoms. The highest BCUT2D eigenvalue weighted by molar-refractivity contribution is 5.95. The molecule has 0 radical (unpaired) electrons. The van der Waals surface area contributed by atoms with Crippen molar-refractivity contribution in [2.45, 2.75) is 26.4 Å². The fourth-order valence-corrected chi connectivity index (χ4v) is 3.36. The van der Waals surface area contributed by atoms with Crippen LogP contribution in [-0.2, 0) is 11.8 Å². The van der Waals surface area contributed by atoms with E-state index in [-0.39, 0.29) is 16.8 Å². The van der Waals surface area contributed by atoms with Crippen LogP contribution in [0.3, 0.4) is 0 Å². The summed E-state index contributed by atoms with van der Waals surface area (Å²) in [5, 5.41) is 19.0. The first kappa shape index (κ1) is 21.1. The van der Waals surface area contributed by atoms with Crippen LogP contribution in [0.1, 0.15) is 36.8 Å². The Hall–Kier alpha value is -3.61. The highest BCUT2D eigenvalue weighted by atomic mass is 16.6. The number of piperazine rings is 1. The molecule has 0 unspecified atom stereocenters. The summed E-state index contributed by atoms with van der Waals surface area (Å²) < 4.78 is 6.68. The van der Waals surface area contributed by atoms with Crippen molar-refractivity contribution in [3.8, 4) is 6.07 Å². The van der Waals surface area contributed by atoms with Crippen molar-refractivity contribution in [2.24, 2.45) is 7.05 Å². The molecule has 0 aliphatic carbocycles. The minimum absolute atomic E-state index is 0.106. The van der Waals surface area contributed by atoms with Crippen molar-refractivity contribution in [1.82, 2.24) is 14.5 Å².